The largest absolute Gasteiger partial charge is 0.318 e. The highest BCUT2D eigenvalue weighted by molar-refractivity contribution is 6.31. The topological polar surface area (TPSA) is 21.1 Å². The number of nitrogens with zero attached hydrogens (tertiary/aromatic N) is 3. The van der Waals surface area contributed by atoms with Gasteiger partial charge in [-0.2, -0.15) is 0 Å². The molecule has 0 aliphatic carbocycles. The van der Waals surface area contributed by atoms with Crippen molar-refractivity contribution in [1.82, 2.24) is 9.66 Å². The molecule has 0 saturated heterocycles. The van der Waals surface area contributed by atoms with E-state index in [4.69, 9.17) is 11.6 Å². The van der Waals surface area contributed by atoms with Gasteiger partial charge in [0.15, 0.2) is 0 Å². The van der Waals surface area contributed by atoms with Crippen LogP contribution in [0.5, 0.6) is 0 Å². The third kappa shape index (κ3) is 1.46. The summed E-state index contributed by atoms with van der Waals surface area (Å²) in [4.78, 5) is 4.19. The molecule has 0 spiro atoms. The first-order valence-electron chi connectivity index (χ1n) is 5.40. The van der Waals surface area contributed by atoms with Crippen molar-refractivity contribution < 1.29 is 0 Å². The van der Waals surface area contributed by atoms with Gasteiger partial charge in [-0.15, -0.1) is 0 Å². The summed E-state index contributed by atoms with van der Waals surface area (Å²) in [7, 11) is 4.01. The molecule has 3 aromatic rings. The second-order valence-electron chi connectivity index (χ2n) is 4.21. The van der Waals surface area contributed by atoms with E-state index >= 15 is 0 Å². The molecule has 0 amide bonds. The number of rotatable bonds is 1. The molecule has 0 fully saturated rings. The fourth-order valence-electron chi connectivity index (χ4n) is 2.25. The van der Waals surface area contributed by atoms with Gasteiger partial charge in [-0.3, -0.25) is 9.66 Å². The maximum atomic E-state index is 6.08. The van der Waals surface area contributed by atoms with Gasteiger partial charge in [0.1, 0.15) is 0 Å². The lowest BCUT2D eigenvalue weighted by molar-refractivity contribution is 0.786. The SMILES string of the molecule is CN(C)n1c2cnccc2c2ccc(Cl)cc21. The van der Waals surface area contributed by atoms with Crippen molar-refractivity contribution in [2.75, 3.05) is 19.1 Å². The smallest absolute Gasteiger partial charge is 0.0891 e. The monoisotopic (exact) mass is 245 g/mol. The van der Waals surface area contributed by atoms with Crippen molar-refractivity contribution in [2.24, 2.45) is 0 Å². The average Bonchev–Trinajstić information content (AvgIpc) is 2.62. The van der Waals surface area contributed by atoms with Crippen molar-refractivity contribution in [3.8, 4) is 0 Å². The quantitative estimate of drug-likeness (QED) is 0.657. The van der Waals surface area contributed by atoms with Crippen LogP contribution in [0.15, 0.2) is 36.7 Å². The lowest BCUT2D eigenvalue weighted by Crippen LogP contribution is -2.24. The summed E-state index contributed by atoms with van der Waals surface area (Å²) in [5.41, 5.74) is 2.19. The number of benzene rings is 1. The summed E-state index contributed by atoms with van der Waals surface area (Å²) < 4.78 is 2.11. The second kappa shape index (κ2) is 3.64. The molecule has 3 rings (SSSR count). The van der Waals surface area contributed by atoms with Gasteiger partial charge in [0.2, 0.25) is 0 Å². The molecule has 3 nitrogen and oxygen atoms in total. The summed E-state index contributed by atoms with van der Waals surface area (Å²) in [5.74, 6) is 0. The van der Waals surface area contributed by atoms with Crippen LogP contribution in [0.1, 0.15) is 0 Å². The van der Waals surface area contributed by atoms with Crippen molar-refractivity contribution in [2.45, 2.75) is 0 Å². The van der Waals surface area contributed by atoms with Crippen LogP contribution in [-0.4, -0.2) is 23.8 Å². The number of hydrogen-bond donors (Lipinski definition) is 0. The number of aromatic nitrogens is 2. The normalized spacial score (nSPS) is 11.2. The molecule has 2 aromatic heterocycles. The molecule has 17 heavy (non-hydrogen) atoms. The van der Waals surface area contributed by atoms with Crippen molar-refractivity contribution in [1.29, 1.82) is 0 Å². The lowest BCUT2D eigenvalue weighted by Gasteiger charge is -2.17. The van der Waals surface area contributed by atoms with Gasteiger partial charge in [-0.25, -0.2) is 0 Å². The Morgan fingerprint density at radius 2 is 1.88 bits per heavy atom. The van der Waals surface area contributed by atoms with Gasteiger partial charge >= 0.3 is 0 Å². The molecule has 0 aliphatic heterocycles. The Labute approximate surface area is 104 Å². The standard InChI is InChI=1S/C13H12ClN3/c1-16(2)17-12-7-9(14)3-4-10(12)11-5-6-15-8-13(11)17/h3-8H,1-2H3. The van der Waals surface area contributed by atoms with E-state index in [0.29, 0.717) is 0 Å². The van der Waals surface area contributed by atoms with Gasteiger partial charge in [0.25, 0.3) is 0 Å². The fourth-order valence-corrected chi connectivity index (χ4v) is 2.42. The molecule has 0 atom stereocenters. The minimum Gasteiger partial charge on any atom is -0.318 e. The predicted octanol–water partition coefficient (Wildman–Crippen LogP) is 3.04. The fraction of sp³-hybridized carbons (Fsp3) is 0.154. The van der Waals surface area contributed by atoms with Crippen LogP contribution < -0.4 is 5.01 Å². The van der Waals surface area contributed by atoms with E-state index in [1.165, 1.54) is 10.8 Å². The molecule has 0 saturated carbocycles. The zero-order chi connectivity index (χ0) is 12.0. The van der Waals surface area contributed by atoms with E-state index < -0.39 is 0 Å². The Kier molecular flexibility index (Phi) is 2.23. The first-order valence-corrected chi connectivity index (χ1v) is 5.77. The summed E-state index contributed by atoms with van der Waals surface area (Å²) in [6.07, 6.45) is 3.69. The Balaban J connectivity index is 2.57. The molecule has 0 radical (unpaired) electrons. The average molecular weight is 246 g/mol. The Bertz CT molecular complexity index is 700. The van der Waals surface area contributed by atoms with Crippen LogP contribution in [0, 0.1) is 0 Å². The molecule has 2 heterocycles. The molecule has 1 aromatic carbocycles. The van der Waals surface area contributed by atoms with Crippen molar-refractivity contribution in [3.63, 3.8) is 0 Å². The van der Waals surface area contributed by atoms with Gasteiger partial charge in [0, 0.05) is 36.1 Å². The molecule has 0 N–H and O–H groups in total. The highest BCUT2D eigenvalue weighted by atomic mass is 35.5. The van der Waals surface area contributed by atoms with Gasteiger partial charge in [0.05, 0.1) is 17.2 Å². The van der Waals surface area contributed by atoms with Crippen molar-refractivity contribution in [3.05, 3.63) is 41.7 Å². The highest BCUT2D eigenvalue weighted by Crippen LogP contribution is 2.29. The van der Waals surface area contributed by atoms with Crippen LogP contribution in [0.2, 0.25) is 5.02 Å². The van der Waals surface area contributed by atoms with E-state index in [-0.39, 0.29) is 0 Å². The Morgan fingerprint density at radius 3 is 2.65 bits per heavy atom. The zero-order valence-electron chi connectivity index (χ0n) is 9.68. The molecule has 0 unspecified atom stereocenters. The lowest BCUT2D eigenvalue weighted by atomic mass is 10.2. The van der Waals surface area contributed by atoms with Gasteiger partial charge in [-0.1, -0.05) is 17.7 Å². The highest BCUT2D eigenvalue weighted by Gasteiger charge is 2.11. The van der Waals surface area contributed by atoms with Crippen LogP contribution in [-0.2, 0) is 0 Å². The molecule has 4 heteroatoms. The van der Waals surface area contributed by atoms with E-state index in [1.807, 2.05) is 49.7 Å². The predicted molar refractivity (Wildman–Crippen MR) is 72.3 cm³/mol. The molecule has 0 bridgehead atoms. The molecule has 86 valence electrons. The van der Waals surface area contributed by atoms with E-state index in [1.54, 1.807) is 0 Å². The first-order chi connectivity index (χ1) is 8.18. The number of fused-ring (bicyclic) bond motifs is 3. The summed E-state index contributed by atoms with van der Waals surface area (Å²) in [6, 6.07) is 7.99. The van der Waals surface area contributed by atoms with E-state index in [9.17, 15) is 0 Å². The minimum atomic E-state index is 0.747. The van der Waals surface area contributed by atoms with Crippen LogP contribution in [0.25, 0.3) is 21.8 Å². The van der Waals surface area contributed by atoms with E-state index in [0.717, 1.165) is 16.1 Å². The number of halogens is 1. The van der Waals surface area contributed by atoms with Crippen LogP contribution in [0.4, 0.5) is 0 Å². The van der Waals surface area contributed by atoms with Crippen LogP contribution >= 0.6 is 11.6 Å². The summed E-state index contributed by atoms with van der Waals surface area (Å²) in [6.45, 7) is 0. The molecular weight excluding hydrogens is 234 g/mol. The molecular formula is C13H12ClN3. The van der Waals surface area contributed by atoms with Gasteiger partial charge in [-0.05, 0) is 18.2 Å². The number of pyridine rings is 1. The maximum Gasteiger partial charge on any atom is 0.0891 e. The number of hydrogen-bond acceptors (Lipinski definition) is 2. The Hall–Kier alpha value is -1.74. The van der Waals surface area contributed by atoms with E-state index in [2.05, 4.69) is 15.7 Å². The third-order valence-corrected chi connectivity index (χ3v) is 3.14. The van der Waals surface area contributed by atoms with Crippen LogP contribution in [0.3, 0.4) is 0 Å². The summed E-state index contributed by atoms with van der Waals surface area (Å²) >= 11 is 6.08. The van der Waals surface area contributed by atoms with Gasteiger partial charge < -0.3 is 5.01 Å². The maximum absolute atomic E-state index is 6.08. The first kappa shape index (κ1) is 10.4. The Morgan fingerprint density at radius 1 is 1.12 bits per heavy atom. The second-order valence-corrected chi connectivity index (χ2v) is 4.65. The zero-order valence-corrected chi connectivity index (χ0v) is 10.4. The minimum absolute atomic E-state index is 0.747. The van der Waals surface area contributed by atoms with Crippen molar-refractivity contribution >= 4 is 33.4 Å². The third-order valence-electron chi connectivity index (χ3n) is 2.91. The summed E-state index contributed by atoms with van der Waals surface area (Å²) in [5, 5.41) is 5.17. The molecule has 0 aliphatic rings.